The van der Waals surface area contributed by atoms with E-state index in [2.05, 4.69) is 28.4 Å². The molecule has 7 heteroatoms. The number of benzene rings is 2. The summed E-state index contributed by atoms with van der Waals surface area (Å²) in [5, 5.41) is 3.79. The smallest absolute Gasteiger partial charge is 0.317 e. The Morgan fingerprint density at radius 2 is 1.65 bits per heavy atom. The third-order valence-corrected chi connectivity index (χ3v) is 6.21. The zero-order chi connectivity index (χ0) is 21.6. The quantitative estimate of drug-likeness (QED) is 0.748. The zero-order valence-electron chi connectivity index (χ0n) is 17.7. The SMILES string of the molecule is O=C1CCCN1Cc1cccc(CNC(=O)N2CCN(Cc3ccc(Cl)cc3)CC2)c1. The molecule has 2 aliphatic heterocycles. The number of hydrogen-bond acceptors (Lipinski definition) is 3. The monoisotopic (exact) mass is 440 g/mol. The van der Waals surface area contributed by atoms with Crippen LogP contribution in [0.5, 0.6) is 0 Å². The third-order valence-electron chi connectivity index (χ3n) is 5.96. The molecule has 0 aromatic heterocycles. The lowest BCUT2D eigenvalue weighted by Gasteiger charge is -2.34. The molecule has 2 heterocycles. The summed E-state index contributed by atoms with van der Waals surface area (Å²) >= 11 is 5.95. The van der Waals surface area contributed by atoms with Crippen molar-refractivity contribution in [2.75, 3.05) is 32.7 Å². The average Bonchev–Trinajstić information content (AvgIpc) is 3.19. The van der Waals surface area contributed by atoms with Gasteiger partial charge in [0, 0.05) is 63.8 Å². The standard InChI is InChI=1S/C24H29ClN4O2/c25-22-8-6-19(7-9-22)17-27-11-13-28(14-12-27)24(31)26-16-20-3-1-4-21(15-20)18-29-10-2-5-23(29)30/h1,3-4,6-9,15H,2,5,10-14,16-18H2,(H,26,31). The van der Waals surface area contributed by atoms with Crippen LogP contribution in [0.4, 0.5) is 4.79 Å². The lowest BCUT2D eigenvalue weighted by molar-refractivity contribution is -0.128. The molecule has 0 bridgehead atoms. The summed E-state index contributed by atoms with van der Waals surface area (Å²) in [6.45, 7) is 6.00. The number of rotatable bonds is 6. The lowest BCUT2D eigenvalue weighted by Crippen LogP contribution is -2.51. The molecule has 31 heavy (non-hydrogen) atoms. The molecule has 2 aliphatic rings. The average molecular weight is 441 g/mol. The highest BCUT2D eigenvalue weighted by Crippen LogP contribution is 2.16. The Hall–Kier alpha value is -2.57. The highest BCUT2D eigenvalue weighted by Gasteiger charge is 2.22. The molecule has 0 unspecified atom stereocenters. The van der Waals surface area contributed by atoms with E-state index >= 15 is 0 Å². The van der Waals surface area contributed by atoms with Gasteiger partial charge in [0.15, 0.2) is 0 Å². The first-order valence-electron chi connectivity index (χ1n) is 10.9. The van der Waals surface area contributed by atoms with Gasteiger partial charge in [-0.15, -0.1) is 0 Å². The number of hydrogen-bond donors (Lipinski definition) is 1. The molecule has 2 saturated heterocycles. The van der Waals surface area contributed by atoms with Gasteiger partial charge in [0.1, 0.15) is 0 Å². The summed E-state index contributed by atoms with van der Waals surface area (Å²) < 4.78 is 0. The van der Waals surface area contributed by atoms with E-state index in [9.17, 15) is 9.59 Å². The van der Waals surface area contributed by atoms with Crippen LogP contribution in [-0.4, -0.2) is 59.4 Å². The summed E-state index contributed by atoms with van der Waals surface area (Å²) in [6, 6.07) is 16.0. The Morgan fingerprint density at radius 1 is 0.903 bits per heavy atom. The summed E-state index contributed by atoms with van der Waals surface area (Å²) in [7, 11) is 0. The van der Waals surface area contributed by atoms with Gasteiger partial charge in [0.25, 0.3) is 0 Å². The maximum Gasteiger partial charge on any atom is 0.317 e. The predicted molar refractivity (Wildman–Crippen MR) is 122 cm³/mol. The Bertz CT molecular complexity index is 910. The summed E-state index contributed by atoms with van der Waals surface area (Å²) in [4.78, 5) is 30.6. The van der Waals surface area contributed by atoms with Crippen LogP contribution in [-0.2, 0) is 24.4 Å². The lowest BCUT2D eigenvalue weighted by atomic mass is 10.1. The molecular formula is C24H29ClN4O2. The molecule has 4 rings (SSSR count). The van der Waals surface area contributed by atoms with Crippen LogP contribution in [0, 0.1) is 0 Å². The summed E-state index contributed by atoms with van der Waals surface area (Å²) in [5.74, 6) is 0.230. The second-order valence-corrected chi connectivity index (χ2v) is 8.72. The van der Waals surface area contributed by atoms with E-state index in [-0.39, 0.29) is 11.9 Å². The molecule has 0 saturated carbocycles. The second-order valence-electron chi connectivity index (χ2n) is 8.29. The molecule has 164 valence electrons. The van der Waals surface area contributed by atoms with Crippen LogP contribution in [0.3, 0.4) is 0 Å². The van der Waals surface area contributed by atoms with Gasteiger partial charge in [0.2, 0.25) is 5.91 Å². The number of piperazine rings is 1. The highest BCUT2D eigenvalue weighted by molar-refractivity contribution is 6.30. The first-order valence-corrected chi connectivity index (χ1v) is 11.3. The van der Waals surface area contributed by atoms with E-state index in [0.717, 1.165) is 61.8 Å². The molecule has 2 aromatic carbocycles. The summed E-state index contributed by atoms with van der Waals surface area (Å²) in [6.07, 6.45) is 1.60. The van der Waals surface area contributed by atoms with Gasteiger partial charge in [-0.05, 0) is 35.2 Å². The van der Waals surface area contributed by atoms with Crippen molar-refractivity contribution >= 4 is 23.5 Å². The van der Waals surface area contributed by atoms with Crippen molar-refractivity contribution in [1.29, 1.82) is 0 Å². The number of nitrogens with zero attached hydrogens (tertiary/aromatic N) is 3. The van der Waals surface area contributed by atoms with Crippen molar-refractivity contribution < 1.29 is 9.59 Å². The van der Waals surface area contributed by atoms with Crippen molar-refractivity contribution in [1.82, 2.24) is 20.0 Å². The maximum absolute atomic E-state index is 12.6. The van der Waals surface area contributed by atoms with Crippen LogP contribution >= 0.6 is 11.6 Å². The fourth-order valence-electron chi connectivity index (χ4n) is 4.18. The fourth-order valence-corrected chi connectivity index (χ4v) is 4.30. The van der Waals surface area contributed by atoms with Crippen molar-refractivity contribution in [3.63, 3.8) is 0 Å². The highest BCUT2D eigenvalue weighted by atomic mass is 35.5. The van der Waals surface area contributed by atoms with Crippen molar-refractivity contribution in [2.45, 2.75) is 32.5 Å². The van der Waals surface area contributed by atoms with Gasteiger partial charge < -0.3 is 15.1 Å². The van der Waals surface area contributed by atoms with Gasteiger partial charge in [-0.3, -0.25) is 9.69 Å². The Kier molecular flexibility index (Phi) is 7.10. The molecular weight excluding hydrogens is 412 g/mol. The first-order chi connectivity index (χ1) is 15.1. The fraction of sp³-hybridized carbons (Fsp3) is 0.417. The number of carbonyl (C=O) groups excluding carboxylic acids is 2. The van der Waals surface area contributed by atoms with Gasteiger partial charge in [-0.1, -0.05) is 48.0 Å². The van der Waals surface area contributed by atoms with Gasteiger partial charge in [-0.25, -0.2) is 4.79 Å². The molecule has 1 N–H and O–H groups in total. The van der Waals surface area contributed by atoms with Gasteiger partial charge >= 0.3 is 6.03 Å². The minimum atomic E-state index is -0.0220. The van der Waals surface area contributed by atoms with Crippen molar-refractivity contribution in [3.05, 3.63) is 70.2 Å². The minimum Gasteiger partial charge on any atom is -0.338 e. The van der Waals surface area contributed by atoms with Crippen LogP contribution in [0.2, 0.25) is 5.02 Å². The Balaban J connectivity index is 1.22. The summed E-state index contributed by atoms with van der Waals surface area (Å²) in [5.41, 5.74) is 3.40. The Labute approximate surface area is 188 Å². The van der Waals surface area contributed by atoms with E-state index in [1.54, 1.807) is 0 Å². The number of likely N-dealkylation sites (tertiary alicyclic amines) is 1. The van der Waals surface area contributed by atoms with Crippen LogP contribution in [0.15, 0.2) is 48.5 Å². The van der Waals surface area contributed by atoms with E-state index in [1.807, 2.05) is 40.1 Å². The number of urea groups is 1. The first kappa shape index (κ1) is 21.7. The second kappa shape index (κ2) is 10.2. The minimum absolute atomic E-state index is 0.0220. The van der Waals surface area contributed by atoms with Crippen molar-refractivity contribution in [2.24, 2.45) is 0 Å². The normalized spacial score (nSPS) is 17.3. The van der Waals surface area contributed by atoms with E-state index in [0.29, 0.717) is 19.5 Å². The number of amides is 3. The van der Waals surface area contributed by atoms with Crippen LogP contribution < -0.4 is 5.32 Å². The number of halogens is 1. The van der Waals surface area contributed by atoms with Gasteiger partial charge in [-0.2, -0.15) is 0 Å². The molecule has 0 aliphatic carbocycles. The molecule has 0 atom stereocenters. The largest absolute Gasteiger partial charge is 0.338 e. The predicted octanol–water partition coefficient (Wildman–Crippen LogP) is 3.49. The van der Waals surface area contributed by atoms with Crippen LogP contribution in [0.1, 0.15) is 29.5 Å². The van der Waals surface area contributed by atoms with Crippen LogP contribution in [0.25, 0.3) is 0 Å². The molecule has 0 spiro atoms. The Morgan fingerprint density at radius 3 is 2.35 bits per heavy atom. The number of carbonyl (C=O) groups is 2. The molecule has 2 fully saturated rings. The zero-order valence-corrected chi connectivity index (χ0v) is 18.5. The molecule has 6 nitrogen and oxygen atoms in total. The third kappa shape index (κ3) is 5.99. The van der Waals surface area contributed by atoms with E-state index in [1.165, 1.54) is 5.56 Å². The van der Waals surface area contributed by atoms with Gasteiger partial charge in [0.05, 0.1) is 0 Å². The van der Waals surface area contributed by atoms with E-state index in [4.69, 9.17) is 11.6 Å². The maximum atomic E-state index is 12.6. The number of nitrogens with one attached hydrogen (secondary N) is 1. The molecule has 3 amide bonds. The van der Waals surface area contributed by atoms with Crippen molar-refractivity contribution in [3.8, 4) is 0 Å². The molecule has 0 radical (unpaired) electrons. The molecule has 2 aromatic rings. The topological polar surface area (TPSA) is 55.9 Å². The van der Waals surface area contributed by atoms with E-state index < -0.39 is 0 Å².